The highest BCUT2D eigenvalue weighted by molar-refractivity contribution is 7.80. The molecule has 4 N–H and O–H groups in total. The van der Waals surface area contributed by atoms with Crippen molar-refractivity contribution in [1.82, 2.24) is 10.8 Å². The van der Waals surface area contributed by atoms with Crippen LogP contribution in [0.25, 0.3) is 0 Å². The Bertz CT molecular complexity index is 547. The van der Waals surface area contributed by atoms with E-state index in [0.29, 0.717) is 13.2 Å². The van der Waals surface area contributed by atoms with Gasteiger partial charge >= 0.3 is 0 Å². The molecule has 0 atom stereocenters. The van der Waals surface area contributed by atoms with E-state index in [9.17, 15) is 4.79 Å². The molecule has 1 saturated carbocycles. The van der Waals surface area contributed by atoms with Crippen molar-refractivity contribution >= 4 is 23.1 Å². The van der Waals surface area contributed by atoms with Crippen LogP contribution in [0, 0.1) is 0 Å². The van der Waals surface area contributed by atoms with Crippen LogP contribution in [-0.2, 0) is 9.63 Å². The Morgan fingerprint density at radius 3 is 2.58 bits per heavy atom. The fraction of sp³-hybridized carbons (Fsp3) is 0.600. The van der Waals surface area contributed by atoms with Gasteiger partial charge in [0, 0.05) is 12.6 Å². The third kappa shape index (κ3) is 9.73. The molecule has 1 amide bonds. The summed E-state index contributed by atoms with van der Waals surface area (Å²) in [5.41, 5.74) is 11.0. The number of hydroxylamine groups is 1. The Labute approximate surface area is 163 Å². The molecule has 0 spiro atoms. The van der Waals surface area contributed by atoms with E-state index in [1.165, 1.54) is 37.3 Å². The second-order valence-corrected chi connectivity index (χ2v) is 7.01. The van der Waals surface area contributed by atoms with Gasteiger partial charge in [-0.1, -0.05) is 62.6 Å². The number of hydrogen-bond acceptors (Lipinski definition) is 4. The molecule has 1 aliphatic rings. The molecule has 0 aromatic rings. The Hall–Kier alpha value is -1.66. The summed E-state index contributed by atoms with van der Waals surface area (Å²) in [5, 5.41) is 2.88. The van der Waals surface area contributed by atoms with E-state index in [-0.39, 0.29) is 16.6 Å². The van der Waals surface area contributed by atoms with Crippen LogP contribution < -0.4 is 16.5 Å². The van der Waals surface area contributed by atoms with Gasteiger partial charge in [-0.15, -0.1) is 0 Å². The van der Waals surface area contributed by atoms with Crippen LogP contribution in [0.5, 0.6) is 0 Å². The van der Waals surface area contributed by atoms with Crippen molar-refractivity contribution in [2.75, 3.05) is 13.2 Å². The molecule has 0 unspecified atom stereocenters. The van der Waals surface area contributed by atoms with Crippen molar-refractivity contribution in [3.8, 4) is 0 Å². The van der Waals surface area contributed by atoms with Crippen LogP contribution in [-0.4, -0.2) is 24.0 Å². The molecular weight excluding hydrogens is 346 g/mol. The third-order valence-corrected chi connectivity index (χ3v) is 4.39. The molecule has 0 aliphatic heterocycles. The highest BCUT2D eigenvalue weighted by Crippen LogP contribution is 2.26. The minimum Gasteiger partial charge on any atom is -0.390 e. The molecular formula is C20H33N3O2S. The lowest BCUT2D eigenvalue weighted by Gasteiger charge is -2.17. The predicted molar refractivity (Wildman–Crippen MR) is 111 cm³/mol. The summed E-state index contributed by atoms with van der Waals surface area (Å²) >= 11 is 4.88. The standard InChI is InChI=1S/C20H33N3O2S/c1-3-5-6-7-8-12-22-20(24)18(14-19(21)26)23-25-15-16(4-2)13-17-10-9-11-17/h4,13-14,23H,3,5-12,15H2,1-2H3,(H2,21,26)(H,22,24)/b16-4+,18-14+. The van der Waals surface area contributed by atoms with E-state index in [1.807, 2.05) is 13.0 Å². The van der Waals surface area contributed by atoms with Crippen molar-refractivity contribution < 1.29 is 9.63 Å². The Balaban J connectivity index is 2.40. The lowest BCUT2D eigenvalue weighted by molar-refractivity contribution is -0.119. The first-order valence-electron chi connectivity index (χ1n) is 9.58. The van der Waals surface area contributed by atoms with Crippen LogP contribution in [0.15, 0.2) is 35.1 Å². The predicted octanol–water partition coefficient (Wildman–Crippen LogP) is 3.82. The van der Waals surface area contributed by atoms with Crippen LogP contribution in [0.3, 0.4) is 0 Å². The lowest BCUT2D eigenvalue weighted by Crippen LogP contribution is -2.33. The number of carbonyl (C=O) groups excluding carboxylic acids is 1. The third-order valence-electron chi connectivity index (χ3n) is 4.27. The van der Waals surface area contributed by atoms with Crippen molar-refractivity contribution in [1.29, 1.82) is 0 Å². The first-order valence-corrected chi connectivity index (χ1v) is 9.99. The fourth-order valence-electron chi connectivity index (χ4n) is 2.50. The number of carbonyl (C=O) groups is 1. The fourth-order valence-corrected chi connectivity index (χ4v) is 2.62. The quantitative estimate of drug-likeness (QED) is 0.196. The second-order valence-electron chi connectivity index (χ2n) is 6.54. The Morgan fingerprint density at radius 1 is 1.27 bits per heavy atom. The summed E-state index contributed by atoms with van der Waals surface area (Å²) in [5.74, 6) is -0.257. The van der Waals surface area contributed by atoms with Gasteiger partial charge in [0.2, 0.25) is 0 Å². The van der Waals surface area contributed by atoms with Gasteiger partial charge in [-0.3, -0.25) is 15.1 Å². The highest BCUT2D eigenvalue weighted by atomic mass is 32.1. The maximum Gasteiger partial charge on any atom is 0.269 e. The van der Waals surface area contributed by atoms with E-state index in [4.69, 9.17) is 22.8 Å². The number of hydrogen-bond donors (Lipinski definition) is 3. The minimum absolute atomic E-state index is 0.136. The molecule has 0 aromatic heterocycles. The average Bonchev–Trinajstić information content (AvgIpc) is 2.57. The van der Waals surface area contributed by atoms with Crippen LogP contribution in [0.1, 0.15) is 65.2 Å². The van der Waals surface area contributed by atoms with Crippen molar-refractivity contribution in [2.24, 2.45) is 5.73 Å². The number of nitrogens with two attached hydrogens (primary N) is 1. The van der Waals surface area contributed by atoms with Gasteiger partial charge < -0.3 is 11.1 Å². The number of amides is 1. The maximum absolute atomic E-state index is 12.3. The zero-order valence-corrected chi connectivity index (χ0v) is 16.9. The molecule has 0 aromatic carbocycles. The first kappa shape index (κ1) is 22.4. The van der Waals surface area contributed by atoms with E-state index in [2.05, 4.69) is 23.8 Å². The van der Waals surface area contributed by atoms with Gasteiger partial charge in [-0.25, -0.2) is 0 Å². The number of rotatable bonds is 13. The SMILES string of the molecule is C/C=C(\C=C1CCC1)CON/C(=C/C(N)=S)C(=O)NCCCCCCC. The van der Waals surface area contributed by atoms with Gasteiger partial charge in [0.25, 0.3) is 5.91 Å². The molecule has 6 heteroatoms. The van der Waals surface area contributed by atoms with Gasteiger partial charge in [-0.05, 0) is 38.2 Å². The van der Waals surface area contributed by atoms with Gasteiger partial charge in [-0.2, -0.15) is 0 Å². The summed E-state index contributed by atoms with van der Waals surface area (Å²) in [6, 6.07) is 0. The largest absolute Gasteiger partial charge is 0.390 e. The van der Waals surface area contributed by atoms with Gasteiger partial charge in [0.15, 0.2) is 0 Å². The summed E-state index contributed by atoms with van der Waals surface area (Å²) in [6.45, 7) is 5.16. The van der Waals surface area contributed by atoms with Crippen molar-refractivity contribution in [3.05, 3.63) is 35.1 Å². The molecule has 0 radical (unpaired) electrons. The zero-order chi connectivity index (χ0) is 19.2. The van der Waals surface area contributed by atoms with E-state index < -0.39 is 0 Å². The maximum atomic E-state index is 12.3. The van der Waals surface area contributed by atoms with Gasteiger partial charge in [0.05, 0.1) is 11.6 Å². The smallest absolute Gasteiger partial charge is 0.269 e. The normalized spacial score (nSPS) is 14.6. The molecule has 0 heterocycles. The molecule has 1 rings (SSSR count). The summed E-state index contributed by atoms with van der Waals surface area (Å²) in [4.78, 5) is 17.9. The number of unbranched alkanes of at least 4 members (excludes halogenated alkanes) is 4. The summed E-state index contributed by atoms with van der Waals surface area (Å²) in [6.07, 6.45) is 14.9. The van der Waals surface area contributed by atoms with Crippen molar-refractivity contribution in [3.63, 3.8) is 0 Å². The molecule has 26 heavy (non-hydrogen) atoms. The highest BCUT2D eigenvalue weighted by Gasteiger charge is 2.11. The van der Waals surface area contributed by atoms with Crippen LogP contribution in [0.4, 0.5) is 0 Å². The second kappa shape index (κ2) is 13.5. The van der Waals surface area contributed by atoms with Crippen molar-refractivity contribution in [2.45, 2.75) is 65.2 Å². The molecule has 146 valence electrons. The molecule has 5 nitrogen and oxygen atoms in total. The molecule has 1 aliphatic carbocycles. The summed E-state index contributed by atoms with van der Waals surface area (Å²) < 4.78 is 0. The van der Waals surface area contributed by atoms with Crippen LogP contribution >= 0.6 is 12.2 Å². The number of nitrogens with one attached hydrogen (secondary N) is 2. The van der Waals surface area contributed by atoms with E-state index in [0.717, 1.165) is 31.3 Å². The molecule has 0 saturated heterocycles. The Morgan fingerprint density at radius 2 is 2.00 bits per heavy atom. The minimum atomic E-state index is -0.257. The Kier molecular flexibility index (Phi) is 11.6. The zero-order valence-electron chi connectivity index (χ0n) is 16.1. The molecule has 1 fully saturated rings. The average molecular weight is 380 g/mol. The first-order chi connectivity index (χ1) is 12.6. The van der Waals surface area contributed by atoms with E-state index in [1.54, 1.807) is 0 Å². The monoisotopic (exact) mass is 379 g/mol. The van der Waals surface area contributed by atoms with Crippen LogP contribution in [0.2, 0.25) is 0 Å². The van der Waals surface area contributed by atoms with Gasteiger partial charge in [0.1, 0.15) is 5.70 Å². The number of thiocarbonyl (C=S) groups is 1. The summed E-state index contributed by atoms with van der Waals surface area (Å²) in [7, 11) is 0. The number of allylic oxidation sites excluding steroid dienone is 2. The lowest BCUT2D eigenvalue weighted by atomic mass is 9.91. The topological polar surface area (TPSA) is 76.4 Å². The van der Waals surface area contributed by atoms with E-state index >= 15 is 0 Å². The molecule has 0 bridgehead atoms.